The van der Waals surface area contributed by atoms with Crippen molar-refractivity contribution in [3.8, 4) is 6.07 Å². The van der Waals surface area contributed by atoms with Gasteiger partial charge >= 0.3 is 0 Å². The molecule has 1 aromatic rings. The number of halogens is 1. The van der Waals surface area contributed by atoms with Crippen molar-refractivity contribution in [1.82, 2.24) is 0 Å². The Morgan fingerprint density at radius 3 is 3.00 bits per heavy atom. The number of nitrogens with zero attached hydrogens (tertiary/aromatic N) is 1. The van der Waals surface area contributed by atoms with Gasteiger partial charge in [-0.05, 0) is 24.6 Å². The molecule has 0 saturated heterocycles. The third-order valence-corrected chi connectivity index (χ3v) is 2.60. The van der Waals surface area contributed by atoms with E-state index < -0.39 is 5.82 Å². The molecule has 0 aliphatic heterocycles. The summed E-state index contributed by atoms with van der Waals surface area (Å²) in [4.78, 5) is 0. The zero-order chi connectivity index (χ0) is 10.8. The molecule has 2 atom stereocenters. The monoisotopic (exact) mass is 206 g/mol. The van der Waals surface area contributed by atoms with E-state index in [0.717, 1.165) is 6.42 Å². The smallest absolute Gasteiger partial charge is 0.124 e. The molecule has 1 fully saturated rings. The van der Waals surface area contributed by atoms with Crippen molar-refractivity contribution < 1.29 is 9.50 Å². The molecule has 2 rings (SSSR count). The Morgan fingerprint density at radius 1 is 1.60 bits per heavy atom. The van der Waals surface area contributed by atoms with Gasteiger partial charge in [0.05, 0.1) is 11.3 Å². The standard InChI is InChI=1S/C11H11FN2O/c12-9-1-2-10(7(3-9)5-13)14-11-4-8(11)6-15/h1-3,8,11,14-15H,4,6H2/t8-,11+/m0/s1. The second kappa shape index (κ2) is 3.87. The van der Waals surface area contributed by atoms with Gasteiger partial charge < -0.3 is 10.4 Å². The van der Waals surface area contributed by atoms with Crippen LogP contribution in [0.2, 0.25) is 0 Å². The van der Waals surface area contributed by atoms with Gasteiger partial charge in [0.2, 0.25) is 0 Å². The maximum Gasteiger partial charge on any atom is 0.124 e. The average molecular weight is 206 g/mol. The molecule has 0 aromatic heterocycles. The summed E-state index contributed by atoms with van der Waals surface area (Å²) in [5.41, 5.74) is 0.943. The van der Waals surface area contributed by atoms with Crippen molar-refractivity contribution in [2.45, 2.75) is 12.5 Å². The Morgan fingerprint density at radius 2 is 2.40 bits per heavy atom. The molecule has 15 heavy (non-hydrogen) atoms. The number of nitrogens with one attached hydrogen (secondary N) is 1. The van der Waals surface area contributed by atoms with Crippen molar-refractivity contribution in [3.05, 3.63) is 29.6 Å². The largest absolute Gasteiger partial charge is 0.396 e. The minimum Gasteiger partial charge on any atom is -0.396 e. The van der Waals surface area contributed by atoms with Crippen LogP contribution in [0.15, 0.2) is 18.2 Å². The van der Waals surface area contributed by atoms with E-state index in [4.69, 9.17) is 10.4 Å². The van der Waals surface area contributed by atoms with Crippen molar-refractivity contribution >= 4 is 5.69 Å². The zero-order valence-corrected chi connectivity index (χ0v) is 8.07. The molecule has 4 heteroatoms. The van der Waals surface area contributed by atoms with E-state index in [-0.39, 0.29) is 18.6 Å². The molecule has 1 aliphatic rings. The molecule has 1 aliphatic carbocycles. The molecular weight excluding hydrogens is 195 g/mol. The summed E-state index contributed by atoms with van der Waals surface area (Å²) in [6, 6.07) is 6.23. The predicted molar refractivity (Wildman–Crippen MR) is 53.7 cm³/mol. The van der Waals surface area contributed by atoms with E-state index >= 15 is 0 Å². The van der Waals surface area contributed by atoms with E-state index in [1.807, 2.05) is 6.07 Å². The molecule has 1 aromatic carbocycles. The lowest BCUT2D eigenvalue weighted by molar-refractivity contribution is 0.275. The third kappa shape index (κ3) is 2.08. The number of aliphatic hydroxyl groups is 1. The number of rotatable bonds is 3. The molecule has 0 unspecified atom stereocenters. The fourth-order valence-electron chi connectivity index (χ4n) is 1.56. The van der Waals surface area contributed by atoms with Crippen molar-refractivity contribution in [3.63, 3.8) is 0 Å². The average Bonchev–Trinajstić information content (AvgIpc) is 2.99. The van der Waals surface area contributed by atoms with E-state index in [0.29, 0.717) is 11.3 Å². The summed E-state index contributed by atoms with van der Waals surface area (Å²) in [7, 11) is 0. The highest BCUT2D eigenvalue weighted by Gasteiger charge is 2.36. The molecule has 0 heterocycles. The van der Waals surface area contributed by atoms with Crippen LogP contribution in [0, 0.1) is 23.1 Å². The summed E-state index contributed by atoms with van der Waals surface area (Å²) in [6.07, 6.45) is 0.902. The Kier molecular flexibility index (Phi) is 2.57. The molecular formula is C11H11FN2O. The lowest BCUT2D eigenvalue weighted by Gasteiger charge is -2.07. The van der Waals surface area contributed by atoms with Gasteiger partial charge in [-0.25, -0.2) is 4.39 Å². The van der Waals surface area contributed by atoms with Crippen LogP contribution in [0.3, 0.4) is 0 Å². The Balaban J connectivity index is 2.12. The molecule has 0 bridgehead atoms. The first-order valence-corrected chi connectivity index (χ1v) is 4.81. The Bertz CT molecular complexity index is 414. The van der Waals surface area contributed by atoms with Gasteiger partial charge in [0.25, 0.3) is 0 Å². The molecule has 0 spiro atoms. The number of benzene rings is 1. The quantitative estimate of drug-likeness (QED) is 0.787. The minimum atomic E-state index is -0.411. The van der Waals surface area contributed by atoms with Crippen LogP contribution in [0.1, 0.15) is 12.0 Å². The molecule has 2 N–H and O–H groups in total. The highest BCUT2D eigenvalue weighted by molar-refractivity contribution is 5.58. The topological polar surface area (TPSA) is 56.0 Å². The minimum absolute atomic E-state index is 0.154. The van der Waals surface area contributed by atoms with E-state index in [9.17, 15) is 4.39 Å². The number of hydrogen-bond acceptors (Lipinski definition) is 3. The van der Waals surface area contributed by atoms with Gasteiger partial charge in [-0.15, -0.1) is 0 Å². The van der Waals surface area contributed by atoms with Crippen LogP contribution < -0.4 is 5.32 Å². The van der Waals surface area contributed by atoms with Crippen LogP contribution in [0.5, 0.6) is 0 Å². The van der Waals surface area contributed by atoms with Crippen LogP contribution in [-0.4, -0.2) is 17.8 Å². The highest BCUT2D eigenvalue weighted by Crippen LogP contribution is 2.33. The summed E-state index contributed by atoms with van der Waals surface area (Å²) in [5.74, 6) is -0.145. The van der Waals surface area contributed by atoms with Crippen molar-refractivity contribution in [1.29, 1.82) is 5.26 Å². The van der Waals surface area contributed by atoms with Gasteiger partial charge in [0.15, 0.2) is 0 Å². The van der Waals surface area contributed by atoms with Gasteiger partial charge in [-0.1, -0.05) is 0 Å². The summed E-state index contributed by atoms with van der Waals surface area (Å²) >= 11 is 0. The third-order valence-electron chi connectivity index (χ3n) is 2.60. The fraction of sp³-hybridized carbons (Fsp3) is 0.364. The van der Waals surface area contributed by atoms with Gasteiger partial charge in [-0.3, -0.25) is 0 Å². The Hall–Kier alpha value is -1.60. The van der Waals surface area contributed by atoms with Gasteiger partial charge in [0, 0.05) is 18.6 Å². The lowest BCUT2D eigenvalue weighted by Crippen LogP contribution is -2.07. The molecule has 0 radical (unpaired) electrons. The normalized spacial score (nSPS) is 23.3. The maximum absolute atomic E-state index is 12.8. The zero-order valence-electron chi connectivity index (χ0n) is 8.07. The molecule has 3 nitrogen and oxygen atoms in total. The van der Waals surface area contributed by atoms with Gasteiger partial charge in [-0.2, -0.15) is 5.26 Å². The molecule has 0 amide bonds. The van der Waals surface area contributed by atoms with Crippen LogP contribution in [0.4, 0.5) is 10.1 Å². The molecule has 1 saturated carbocycles. The highest BCUT2D eigenvalue weighted by atomic mass is 19.1. The van der Waals surface area contributed by atoms with E-state index in [1.54, 1.807) is 6.07 Å². The summed E-state index contributed by atoms with van der Waals surface area (Å²) in [5, 5.41) is 20.8. The summed E-state index contributed by atoms with van der Waals surface area (Å²) < 4.78 is 12.8. The second-order valence-corrected chi connectivity index (χ2v) is 3.73. The summed E-state index contributed by atoms with van der Waals surface area (Å²) in [6.45, 7) is 0.154. The number of nitriles is 1. The van der Waals surface area contributed by atoms with Crippen LogP contribution >= 0.6 is 0 Å². The van der Waals surface area contributed by atoms with Crippen LogP contribution in [0.25, 0.3) is 0 Å². The first-order valence-electron chi connectivity index (χ1n) is 4.81. The SMILES string of the molecule is N#Cc1cc(F)ccc1N[C@@H]1C[C@H]1CO. The van der Waals surface area contributed by atoms with Gasteiger partial charge in [0.1, 0.15) is 11.9 Å². The second-order valence-electron chi connectivity index (χ2n) is 3.73. The lowest BCUT2D eigenvalue weighted by atomic mass is 10.2. The first kappa shape index (κ1) is 9.94. The van der Waals surface area contributed by atoms with Crippen molar-refractivity contribution in [2.24, 2.45) is 5.92 Å². The fourth-order valence-corrected chi connectivity index (χ4v) is 1.56. The number of hydrogen-bond donors (Lipinski definition) is 2. The number of aliphatic hydroxyl groups excluding tert-OH is 1. The Labute approximate surface area is 87.2 Å². The van der Waals surface area contributed by atoms with E-state index in [1.165, 1.54) is 12.1 Å². The number of anilines is 1. The first-order chi connectivity index (χ1) is 7.24. The molecule has 78 valence electrons. The van der Waals surface area contributed by atoms with Crippen LogP contribution in [-0.2, 0) is 0 Å². The predicted octanol–water partition coefficient (Wildman–Crippen LogP) is 1.49. The van der Waals surface area contributed by atoms with Crippen molar-refractivity contribution in [2.75, 3.05) is 11.9 Å². The maximum atomic E-state index is 12.8. The van der Waals surface area contributed by atoms with E-state index in [2.05, 4.69) is 5.32 Å².